The van der Waals surface area contributed by atoms with Gasteiger partial charge >= 0.3 is 0 Å². The molecule has 1 N–H and O–H groups in total. The van der Waals surface area contributed by atoms with E-state index in [1.54, 1.807) is 0 Å². The Hall–Kier alpha value is -1.06. The average Bonchev–Trinajstić information content (AvgIpc) is 2.87. The molecule has 3 nitrogen and oxygen atoms in total. The van der Waals surface area contributed by atoms with Crippen molar-refractivity contribution >= 4 is 5.69 Å². The molecule has 1 fully saturated rings. The van der Waals surface area contributed by atoms with Crippen molar-refractivity contribution in [1.82, 2.24) is 5.32 Å². The largest absolute Gasteiger partial charge is 0.381 e. The summed E-state index contributed by atoms with van der Waals surface area (Å²) in [5, 5.41) is 3.32. The lowest BCUT2D eigenvalue weighted by atomic mass is 9.86. The molecule has 2 rings (SSSR count). The van der Waals surface area contributed by atoms with Crippen LogP contribution in [0.2, 0.25) is 0 Å². The van der Waals surface area contributed by atoms with Crippen LogP contribution in [-0.4, -0.2) is 40.4 Å². The van der Waals surface area contributed by atoms with Crippen molar-refractivity contribution in [3.8, 4) is 0 Å². The molecule has 1 unspecified atom stereocenters. The average molecular weight is 262 g/mol. The molecule has 0 radical (unpaired) electrons. The molecule has 19 heavy (non-hydrogen) atoms. The molecule has 0 saturated carbocycles. The Morgan fingerprint density at radius 3 is 2.58 bits per heavy atom. The summed E-state index contributed by atoms with van der Waals surface area (Å²) in [5.74, 6) is 0. The third-order valence-electron chi connectivity index (χ3n) is 4.09. The number of rotatable bonds is 6. The van der Waals surface area contributed by atoms with E-state index in [4.69, 9.17) is 4.74 Å². The van der Waals surface area contributed by atoms with E-state index < -0.39 is 0 Å². The molecule has 0 aliphatic carbocycles. The minimum Gasteiger partial charge on any atom is -0.381 e. The van der Waals surface area contributed by atoms with E-state index in [1.807, 2.05) is 7.05 Å². The van der Waals surface area contributed by atoms with Gasteiger partial charge in [-0.25, -0.2) is 0 Å². The zero-order valence-corrected chi connectivity index (χ0v) is 12.4. The maximum absolute atomic E-state index is 5.62. The van der Waals surface area contributed by atoms with Gasteiger partial charge in [-0.15, -0.1) is 0 Å². The van der Waals surface area contributed by atoms with Gasteiger partial charge in [0.05, 0.1) is 6.61 Å². The molecule has 0 spiro atoms. The van der Waals surface area contributed by atoms with E-state index in [0.29, 0.717) is 0 Å². The van der Waals surface area contributed by atoms with Gasteiger partial charge < -0.3 is 15.0 Å². The predicted octanol–water partition coefficient (Wildman–Crippen LogP) is 2.31. The van der Waals surface area contributed by atoms with Crippen LogP contribution in [0.15, 0.2) is 24.3 Å². The van der Waals surface area contributed by atoms with Gasteiger partial charge in [0.15, 0.2) is 0 Å². The summed E-state index contributed by atoms with van der Waals surface area (Å²) in [7, 11) is 4.20. The first-order chi connectivity index (χ1) is 9.19. The van der Waals surface area contributed by atoms with Crippen LogP contribution in [0.1, 0.15) is 18.9 Å². The molecule has 1 aliphatic rings. The van der Waals surface area contributed by atoms with Gasteiger partial charge in [-0.05, 0) is 37.6 Å². The molecule has 0 bridgehead atoms. The maximum Gasteiger partial charge on any atom is 0.0552 e. The zero-order chi connectivity index (χ0) is 13.7. The fourth-order valence-corrected chi connectivity index (χ4v) is 2.93. The summed E-state index contributed by atoms with van der Waals surface area (Å²) in [4.78, 5) is 2.35. The first kappa shape index (κ1) is 14.4. The fourth-order valence-electron chi connectivity index (χ4n) is 2.93. The molecule has 0 aromatic heterocycles. The van der Waals surface area contributed by atoms with Crippen LogP contribution in [0.5, 0.6) is 0 Å². The highest BCUT2D eigenvalue weighted by molar-refractivity contribution is 5.47. The van der Waals surface area contributed by atoms with Gasteiger partial charge in [-0.3, -0.25) is 0 Å². The molecule has 3 heteroatoms. The third-order valence-corrected chi connectivity index (χ3v) is 4.09. The normalized spacial score (nSPS) is 22.7. The number of hydrogen-bond acceptors (Lipinski definition) is 3. The minimum absolute atomic E-state index is 0.257. The molecule has 1 aromatic carbocycles. The molecule has 106 valence electrons. The Balaban J connectivity index is 2.03. The number of nitrogens with one attached hydrogen (secondary N) is 1. The van der Waals surface area contributed by atoms with Gasteiger partial charge in [-0.1, -0.05) is 19.1 Å². The van der Waals surface area contributed by atoms with Crippen LogP contribution in [0.25, 0.3) is 0 Å². The van der Waals surface area contributed by atoms with E-state index in [2.05, 4.69) is 48.5 Å². The fraction of sp³-hybridized carbons (Fsp3) is 0.625. The Morgan fingerprint density at radius 2 is 2.05 bits per heavy atom. The summed E-state index contributed by atoms with van der Waals surface area (Å²) in [5.41, 5.74) is 2.94. The molecule has 1 saturated heterocycles. The maximum atomic E-state index is 5.62. The van der Waals surface area contributed by atoms with E-state index in [0.717, 1.165) is 39.1 Å². The summed E-state index contributed by atoms with van der Waals surface area (Å²) in [6.45, 7) is 6.01. The number of aryl methyl sites for hydroxylation is 1. The van der Waals surface area contributed by atoms with Gasteiger partial charge in [0.25, 0.3) is 0 Å². The second-order valence-electron chi connectivity index (χ2n) is 5.71. The zero-order valence-electron chi connectivity index (χ0n) is 12.4. The molecule has 1 atom stereocenters. The summed E-state index contributed by atoms with van der Waals surface area (Å²) < 4.78 is 5.62. The van der Waals surface area contributed by atoms with Crippen LogP contribution in [0, 0.1) is 5.41 Å². The van der Waals surface area contributed by atoms with Gasteiger partial charge in [0.2, 0.25) is 0 Å². The van der Waals surface area contributed by atoms with Crippen LogP contribution in [0.4, 0.5) is 5.69 Å². The Labute approximate surface area is 116 Å². The van der Waals surface area contributed by atoms with Crippen molar-refractivity contribution in [3.63, 3.8) is 0 Å². The SMILES string of the molecule is CCc1ccc(N(C)CC2(CNC)CCOC2)cc1. The van der Waals surface area contributed by atoms with Crippen molar-refractivity contribution in [2.45, 2.75) is 19.8 Å². The Kier molecular flexibility index (Phi) is 4.83. The predicted molar refractivity (Wildman–Crippen MR) is 80.9 cm³/mol. The molecule has 1 aromatic rings. The number of anilines is 1. The monoisotopic (exact) mass is 262 g/mol. The molecular weight excluding hydrogens is 236 g/mol. The van der Waals surface area contributed by atoms with E-state index >= 15 is 0 Å². The lowest BCUT2D eigenvalue weighted by Gasteiger charge is -2.33. The molecular formula is C16H26N2O. The van der Waals surface area contributed by atoms with Crippen molar-refractivity contribution in [2.24, 2.45) is 5.41 Å². The minimum atomic E-state index is 0.257. The van der Waals surface area contributed by atoms with Crippen LogP contribution in [-0.2, 0) is 11.2 Å². The van der Waals surface area contributed by atoms with Crippen LogP contribution >= 0.6 is 0 Å². The highest BCUT2D eigenvalue weighted by Gasteiger charge is 2.35. The van der Waals surface area contributed by atoms with Crippen molar-refractivity contribution in [3.05, 3.63) is 29.8 Å². The second kappa shape index (κ2) is 6.40. The summed E-state index contributed by atoms with van der Waals surface area (Å²) in [6, 6.07) is 8.90. The third kappa shape index (κ3) is 3.48. The lowest BCUT2D eigenvalue weighted by molar-refractivity contribution is 0.154. The highest BCUT2D eigenvalue weighted by Crippen LogP contribution is 2.30. The van der Waals surface area contributed by atoms with Crippen molar-refractivity contribution in [2.75, 3.05) is 45.3 Å². The molecule has 1 heterocycles. The van der Waals surface area contributed by atoms with E-state index in [9.17, 15) is 0 Å². The second-order valence-corrected chi connectivity index (χ2v) is 5.71. The summed E-state index contributed by atoms with van der Waals surface area (Å²) in [6.07, 6.45) is 2.24. The quantitative estimate of drug-likeness (QED) is 0.851. The lowest BCUT2D eigenvalue weighted by Crippen LogP contribution is -2.42. The number of nitrogens with zero attached hydrogens (tertiary/aromatic N) is 1. The van der Waals surface area contributed by atoms with Crippen LogP contribution in [0.3, 0.4) is 0 Å². The number of ether oxygens (including phenoxy) is 1. The van der Waals surface area contributed by atoms with Crippen molar-refractivity contribution in [1.29, 1.82) is 0 Å². The van der Waals surface area contributed by atoms with E-state index in [-0.39, 0.29) is 5.41 Å². The number of benzene rings is 1. The van der Waals surface area contributed by atoms with Crippen LogP contribution < -0.4 is 10.2 Å². The van der Waals surface area contributed by atoms with Crippen molar-refractivity contribution < 1.29 is 4.74 Å². The Morgan fingerprint density at radius 1 is 1.32 bits per heavy atom. The van der Waals surface area contributed by atoms with Gasteiger partial charge in [-0.2, -0.15) is 0 Å². The Bertz CT molecular complexity index is 382. The highest BCUT2D eigenvalue weighted by atomic mass is 16.5. The first-order valence-corrected chi connectivity index (χ1v) is 7.21. The molecule has 1 aliphatic heterocycles. The topological polar surface area (TPSA) is 24.5 Å². The summed E-state index contributed by atoms with van der Waals surface area (Å²) >= 11 is 0. The number of hydrogen-bond donors (Lipinski definition) is 1. The standard InChI is InChI=1S/C16H26N2O/c1-4-14-5-7-15(8-6-14)18(3)12-16(11-17-2)9-10-19-13-16/h5-8,17H,4,9-13H2,1-3H3. The van der Waals surface area contributed by atoms with Gasteiger partial charge in [0, 0.05) is 37.8 Å². The smallest absolute Gasteiger partial charge is 0.0552 e. The molecule has 0 amide bonds. The first-order valence-electron chi connectivity index (χ1n) is 7.21. The van der Waals surface area contributed by atoms with Gasteiger partial charge in [0.1, 0.15) is 0 Å². The van der Waals surface area contributed by atoms with E-state index in [1.165, 1.54) is 11.3 Å².